The first-order valence-electron chi connectivity index (χ1n) is 11.9. The zero-order valence-electron chi connectivity index (χ0n) is 21.5. The zero-order chi connectivity index (χ0) is 30.3. The van der Waals surface area contributed by atoms with E-state index in [1.165, 1.54) is 32.2 Å². The zero-order valence-corrected chi connectivity index (χ0v) is 23.1. The molecule has 4 rings (SSSR count). The van der Waals surface area contributed by atoms with Crippen molar-refractivity contribution in [1.82, 2.24) is 0 Å². The van der Waals surface area contributed by atoms with Gasteiger partial charge in [0.2, 0.25) is 0 Å². The number of halogens is 6. The number of methoxy groups -OCH3 is 1. The minimum Gasteiger partial charge on any atom is -0.486 e. The van der Waals surface area contributed by atoms with Gasteiger partial charge in [0, 0.05) is 19.1 Å². The number of carboxylic acids is 1. The second-order valence-corrected chi connectivity index (χ2v) is 12.0. The number of sulfonamides is 1. The lowest BCUT2D eigenvalue weighted by Gasteiger charge is -2.38. The average Bonchev–Trinajstić information content (AvgIpc) is 2.89. The molecule has 1 aliphatic heterocycles. The van der Waals surface area contributed by atoms with E-state index in [4.69, 9.17) is 21.1 Å². The van der Waals surface area contributed by atoms with Crippen LogP contribution in [-0.4, -0.2) is 45.9 Å². The molecule has 2 atom stereocenters. The van der Waals surface area contributed by atoms with Crippen molar-refractivity contribution in [3.05, 3.63) is 76.8 Å². The van der Waals surface area contributed by atoms with Crippen LogP contribution in [0.5, 0.6) is 5.75 Å². The summed E-state index contributed by atoms with van der Waals surface area (Å²) in [5, 5.41) is 9.26. The number of fused-ring (bicyclic) bond motifs is 1. The van der Waals surface area contributed by atoms with Crippen LogP contribution < -0.4 is 9.04 Å². The fraction of sp³-hybridized carbons (Fsp3) is 0.296. The molecule has 0 unspecified atom stereocenters. The maximum atomic E-state index is 14.8. The third-order valence-corrected chi connectivity index (χ3v) is 8.65. The Labute approximate surface area is 237 Å². The molecular formula is C27H23ClF5NO6S. The van der Waals surface area contributed by atoms with Crippen molar-refractivity contribution < 1.29 is 49.7 Å². The topological polar surface area (TPSA) is 93.1 Å². The van der Waals surface area contributed by atoms with Crippen LogP contribution in [0.1, 0.15) is 18.9 Å². The monoisotopic (exact) mass is 619 g/mol. The summed E-state index contributed by atoms with van der Waals surface area (Å²) in [4.78, 5) is 11.3. The first-order valence-corrected chi connectivity index (χ1v) is 13.8. The molecule has 0 saturated carbocycles. The molecule has 0 fully saturated rings. The molecule has 0 radical (unpaired) electrons. The van der Waals surface area contributed by atoms with Crippen molar-refractivity contribution in [2.24, 2.45) is 5.41 Å². The first kappa shape index (κ1) is 30.5. The van der Waals surface area contributed by atoms with Gasteiger partial charge in [0.25, 0.3) is 10.0 Å². The van der Waals surface area contributed by atoms with Gasteiger partial charge in [-0.15, -0.1) is 0 Å². The van der Waals surface area contributed by atoms with Crippen LogP contribution in [0.15, 0.2) is 59.5 Å². The van der Waals surface area contributed by atoms with E-state index in [1.807, 2.05) is 0 Å². The second kappa shape index (κ2) is 11.1. The number of nitrogens with zero attached hydrogens (tertiary/aromatic N) is 1. The molecule has 1 aliphatic rings. The Balaban J connectivity index is 1.87. The van der Waals surface area contributed by atoms with Gasteiger partial charge in [0.15, 0.2) is 0 Å². The number of benzene rings is 3. The second-order valence-electron chi connectivity index (χ2n) is 9.74. The van der Waals surface area contributed by atoms with Crippen LogP contribution in [0.3, 0.4) is 0 Å². The molecule has 7 nitrogen and oxygen atoms in total. The lowest BCUT2D eigenvalue weighted by Crippen LogP contribution is -2.47. The van der Waals surface area contributed by atoms with Gasteiger partial charge in [-0.1, -0.05) is 23.7 Å². The highest BCUT2D eigenvalue weighted by molar-refractivity contribution is 7.92. The molecule has 0 spiro atoms. The maximum Gasteiger partial charge on any atom is 0.416 e. The van der Waals surface area contributed by atoms with Crippen molar-refractivity contribution in [2.45, 2.75) is 30.5 Å². The fourth-order valence-corrected chi connectivity index (χ4v) is 6.32. The van der Waals surface area contributed by atoms with E-state index in [0.717, 1.165) is 28.6 Å². The molecule has 0 saturated heterocycles. The van der Waals surface area contributed by atoms with E-state index in [0.29, 0.717) is 12.1 Å². The predicted molar refractivity (Wildman–Crippen MR) is 139 cm³/mol. The number of hydrogen-bond acceptors (Lipinski definition) is 5. The van der Waals surface area contributed by atoms with Gasteiger partial charge in [-0.05, 0) is 55.0 Å². The Morgan fingerprint density at radius 3 is 2.49 bits per heavy atom. The Hall–Kier alpha value is -3.42. The van der Waals surface area contributed by atoms with Gasteiger partial charge < -0.3 is 14.6 Å². The van der Waals surface area contributed by atoms with Gasteiger partial charge in [-0.2, -0.15) is 13.2 Å². The number of rotatable bonds is 8. The molecule has 0 bridgehead atoms. The van der Waals surface area contributed by atoms with Gasteiger partial charge >= 0.3 is 12.1 Å². The van der Waals surface area contributed by atoms with Crippen molar-refractivity contribution >= 4 is 33.3 Å². The Kier molecular flexibility index (Phi) is 8.27. The van der Waals surface area contributed by atoms with E-state index >= 15 is 0 Å². The van der Waals surface area contributed by atoms with Crippen LogP contribution in [-0.2, 0) is 25.7 Å². The summed E-state index contributed by atoms with van der Waals surface area (Å²) in [6, 6.07) is 8.49. The highest BCUT2D eigenvalue weighted by Crippen LogP contribution is 2.43. The summed E-state index contributed by atoms with van der Waals surface area (Å²) in [6.07, 6.45) is -6.15. The minimum atomic E-state index is -4.83. The molecule has 0 aliphatic carbocycles. The van der Waals surface area contributed by atoms with Crippen molar-refractivity contribution in [1.29, 1.82) is 0 Å². The molecule has 14 heteroatoms. The van der Waals surface area contributed by atoms with Crippen LogP contribution in [0.2, 0.25) is 5.02 Å². The van der Waals surface area contributed by atoms with Gasteiger partial charge in [-0.3, -0.25) is 9.10 Å². The molecule has 41 heavy (non-hydrogen) atoms. The molecular weight excluding hydrogens is 597 g/mol. The van der Waals surface area contributed by atoms with E-state index < -0.39 is 67.3 Å². The van der Waals surface area contributed by atoms with Crippen molar-refractivity contribution in [3.63, 3.8) is 0 Å². The molecule has 0 aromatic heterocycles. The summed E-state index contributed by atoms with van der Waals surface area (Å²) in [6.45, 7) is 0.630. The number of aliphatic carboxylic acids is 1. The highest BCUT2D eigenvalue weighted by atomic mass is 35.5. The van der Waals surface area contributed by atoms with Crippen LogP contribution in [0.25, 0.3) is 11.1 Å². The van der Waals surface area contributed by atoms with E-state index in [1.54, 1.807) is 0 Å². The first-order chi connectivity index (χ1) is 19.1. The molecule has 220 valence electrons. The van der Waals surface area contributed by atoms with Crippen molar-refractivity contribution in [3.8, 4) is 16.9 Å². The Morgan fingerprint density at radius 1 is 1.15 bits per heavy atom. The molecule has 3 aromatic rings. The van der Waals surface area contributed by atoms with Gasteiger partial charge in [0.05, 0.1) is 39.7 Å². The summed E-state index contributed by atoms with van der Waals surface area (Å²) in [5.74, 6) is -3.16. The molecule has 1 heterocycles. The number of anilines is 1. The molecule has 1 N–H and O–H groups in total. The largest absolute Gasteiger partial charge is 0.486 e. The molecule has 3 aromatic carbocycles. The predicted octanol–water partition coefficient (Wildman–Crippen LogP) is 6.39. The van der Waals surface area contributed by atoms with E-state index in [-0.39, 0.29) is 35.6 Å². The number of alkyl halides is 3. The minimum absolute atomic E-state index is 0.00343. The third-order valence-electron chi connectivity index (χ3n) is 6.60. The summed E-state index contributed by atoms with van der Waals surface area (Å²) in [7, 11) is -3.43. The SMILES string of the molecule is COC[C@@](C)(C[C@H]1CN(S(=O)(=O)c2cccc(C(F)(F)F)c2)c2cc(-c3cc(F)cc(Cl)c3F)ccc2O1)C(=O)O. The van der Waals surface area contributed by atoms with Crippen LogP contribution in [0.4, 0.5) is 27.6 Å². The summed E-state index contributed by atoms with van der Waals surface area (Å²) < 4.78 is 108. The molecule has 0 amide bonds. The standard InChI is InChI=1S/C27H23ClF5NO6S/c1-26(14-39-2,25(35)36)12-18-13-34(41(37,38)19-5-3-4-16(9-19)27(31,32)33)22-8-15(6-7-23(22)40-18)20-10-17(29)11-21(28)24(20)30/h3-11,18H,12-14H2,1-2H3,(H,35,36)/t18-,26+/m0/s1. The van der Waals surface area contributed by atoms with E-state index in [2.05, 4.69) is 0 Å². The lowest BCUT2D eigenvalue weighted by molar-refractivity contribution is -0.153. The average molecular weight is 620 g/mol. The third kappa shape index (κ3) is 6.11. The maximum absolute atomic E-state index is 14.8. The number of carboxylic acid groups (broad SMARTS) is 1. The van der Waals surface area contributed by atoms with Crippen LogP contribution >= 0.6 is 11.6 Å². The number of hydrogen-bond donors (Lipinski definition) is 1. The summed E-state index contributed by atoms with van der Waals surface area (Å²) in [5.41, 5.74) is -3.19. The van der Waals surface area contributed by atoms with Crippen molar-refractivity contribution in [2.75, 3.05) is 24.6 Å². The lowest BCUT2D eigenvalue weighted by atomic mass is 9.85. The number of carbonyl (C=O) groups is 1. The Morgan fingerprint density at radius 2 is 1.85 bits per heavy atom. The number of ether oxygens (including phenoxy) is 2. The fourth-order valence-electron chi connectivity index (χ4n) is 4.57. The normalized spacial score (nSPS) is 17.0. The van der Waals surface area contributed by atoms with E-state index in [9.17, 15) is 40.3 Å². The van der Waals surface area contributed by atoms with Crippen LogP contribution in [0, 0.1) is 17.0 Å². The van der Waals surface area contributed by atoms with Gasteiger partial charge in [-0.25, -0.2) is 17.2 Å². The Bertz CT molecular complexity index is 1600. The summed E-state index contributed by atoms with van der Waals surface area (Å²) >= 11 is 5.78. The smallest absolute Gasteiger partial charge is 0.416 e. The highest BCUT2D eigenvalue weighted by Gasteiger charge is 2.42. The quantitative estimate of drug-likeness (QED) is 0.232. The van der Waals surface area contributed by atoms with Gasteiger partial charge in [0.1, 0.15) is 23.5 Å².